The molecule has 1 aromatic rings. The van der Waals surface area contributed by atoms with Gasteiger partial charge in [-0.1, -0.05) is 18.2 Å². The fraction of sp³-hybridized carbons (Fsp3) is 0.385. The molecule has 18 heavy (non-hydrogen) atoms. The molecular formula is C13H17N3O2. The number of hydrogen-bond donors (Lipinski definition) is 3. The van der Waals surface area contributed by atoms with Gasteiger partial charge >= 0.3 is 6.03 Å². The van der Waals surface area contributed by atoms with Crippen molar-refractivity contribution in [3.63, 3.8) is 0 Å². The second-order valence-corrected chi connectivity index (χ2v) is 4.30. The van der Waals surface area contributed by atoms with Crippen molar-refractivity contribution in [3.8, 4) is 0 Å². The lowest BCUT2D eigenvalue weighted by atomic mass is 10.1. The highest BCUT2D eigenvalue weighted by molar-refractivity contribution is 5.93. The average Bonchev–Trinajstić information content (AvgIpc) is 2.56. The van der Waals surface area contributed by atoms with Gasteiger partial charge in [0.25, 0.3) is 0 Å². The minimum Gasteiger partial charge on any atom is -0.354 e. The largest absolute Gasteiger partial charge is 0.354 e. The van der Waals surface area contributed by atoms with Crippen LogP contribution in [0, 0.1) is 0 Å². The molecule has 5 heteroatoms. The quantitative estimate of drug-likeness (QED) is 0.740. The first-order valence-electron chi connectivity index (χ1n) is 6.16. The van der Waals surface area contributed by atoms with Crippen LogP contribution in [0.4, 0.5) is 10.5 Å². The lowest BCUT2D eigenvalue weighted by Gasteiger charge is -2.15. The maximum Gasteiger partial charge on any atom is 0.319 e. The van der Waals surface area contributed by atoms with Crippen molar-refractivity contribution in [3.05, 3.63) is 30.3 Å². The zero-order chi connectivity index (χ0) is 12.8. The Balaban J connectivity index is 1.88. The van der Waals surface area contributed by atoms with Crippen LogP contribution in [0.2, 0.25) is 0 Å². The van der Waals surface area contributed by atoms with Gasteiger partial charge in [-0.2, -0.15) is 0 Å². The van der Waals surface area contributed by atoms with Gasteiger partial charge in [-0.05, 0) is 31.4 Å². The summed E-state index contributed by atoms with van der Waals surface area (Å²) in [4.78, 5) is 23.4. The Morgan fingerprint density at radius 2 is 2.00 bits per heavy atom. The van der Waals surface area contributed by atoms with Gasteiger partial charge in [0, 0.05) is 12.2 Å². The molecule has 0 unspecified atom stereocenters. The highest BCUT2D eigenvalue weighted by Gasteiger charge is 2.22. The number of benzene rings is 1. The third-order valence-corrected chi connectivity index (χ3v) is 2.87. The Hall–Kier alpha value is -2.04. The molecule has 0 bridgehead atoms. The number of carbonyl (C=O) groups excluding carboxylic acids is 2. The van der Waals surface area contributed by atoms with Gasteiger partial charge < -0.3 is 16.0 Å². The highest BCUT2D eigenvalue weighted by Crippen LogP contribution is 2.07. The van der Waals surface area contributed by atoms with Crippen LogP contribution in [-0.2, 0) is 4.79 Å². The van der Waals surface area contributed by atoms with Crippen LogP contribution in [0.1, 0.15) is 19.3 Å². The standard InChI is InChI=1S/C13H17N3O2/c17-12-11(8-4-5-9-14-12)16-13(18)15-10-6-2-1-3-7-10/h1-3,6-7,11H,4-5,8-9H2,(H,14,17)(H2,15,16,18)/t11-/m1/s1. The number of anilines is 1. The third-order valence-electron chi connectivity index (χ3n) is 2.87. The van der Waals surface area contributed by atoms with Crippen LogP contribution in [0.3, 0.4) is 0 Å². The molecule has 1 saturated heterocycles. The summed E-state index contributed by atoms with van der Waals surface area (Å²) in [6.07, 6.45) is 2.59. The molecule has 0 aliphatic carbocycles. The topological polar surface area (TPSA) is 70.2 Å². The SMILES string of the molecule is O=C(Nc1ccccc1)N[C@@H]1CCCCNC1=O. The van der Waals surface area contributed by atoms with Crippen LogP contribution in [0.5, 0.6) is 0 Å². The average molecular weight is 247 g/mol. The Morgan fingerprint density at radius 1 is 1.22 bits per heavy atom. The summed E-state index contributed by atoms with van der Waals surface area (Å²) in [6.45, 7) is 0.692. The summed E-state index contributed by atoms with van der Waals surface area (Å²) in [5.41, 5.74) is 0.712. The molecule has 0 saturated carbocycles. The Bertz CT molecular complexity index is 420. The smallest absolute Gasteiger partial charge is 0.319 e. The predicted octanol–water partition coefficient (Wildman–Crippen LogP) is 1.48. The Morgan fingerprint density at radius 3 is 2.78 bits per heavy atom. The second-order valence-electron chi connectivity index (χ2n) is 4.30. The first-order chi connectivity index (χ1) is 8.75. The molecule has 1 aliphatic rings. The van der Waals surface area contributed by atoms with Crippen molar-refractivity contribution < 1.29 is 9.59 Å². The van der Waals surface area contributed by atoms with E-state index >= 15 is 0 Å². The maximum absolute atomic E-state index is 11.7. The van der Waals surface area contributed by atoms with Crippen LogP contribution < -0.4 is 16.0 Å². The molecule has 0 radical (unpaired) electrons. The summed E-state index contributed by atoms with van der Waals surface area (Å²) in [5.74, 6) is -0.101. The van der Waals surface area contributed by atoms with E-state index in [-0.39, 0.29) is 11.9 Å². The molecule has 1 heterocycles. The second kappa shape index (κ2) is 6.05. The summed E-state index contributed by atoms with van der Waals surface area (Å²) < 4.78 is 0. The number of amides is 3. The van der Waals surface area contributed by atoms with Crippen LogP contribution >= 0.6 is 0 Å². The number of carbonyl (C=O) groups is 2. The number of para-hydroxylation sites is 1. The summed E-state index contributed by atoms with van der Waals surface area (Å²) in [5, 5.41) is 8.18. The summed E-state index contributed by atoms with van der Waals surface area (Å²) >= 11 is 0. The monoisotopic (exact) mass is 247 g/mol. The van der Waals surface area contributed by atoms with Gasteiger partial charge in [0.2, 0.25) is 5.91 Å². The molecule has 1 aromatic carbocycles. The van der Waals surface area contributed by atoms with E-state index in [0.717, 1.165) is 12.8 Å². The van der Waals surface area contributed by atoms with Crippen molar-refractivity contribution >= 4 is 17.6 Å². The summed E-state index contributed by atoms with van der Waals surface area (Å²) in [6, 6.07) is 8.38. The number of rotatable bonds is 2. The number of hydrogen-bond acceptors (Lipinski definition) is 2. The molecule has 0 aromatic heterocycles. The van der Waals surface area contributed by atoms with Crippen LogP contribution in [0.15, 0.2) is 30.3 Å². The molecule has 1 fully saturated rings. The van der Waals surface area contributed by atoms with Crippen LogP contribution in [-0.4, -0.2) is 24.5 Å². The lowest BCUT2D eigenvalue weighted by molar-refractivity contribution is -0.122. The van der Waals surface area contributed by atoms with E-state index in [9.17, 15) is 9.59 Å². The number of nitrogens with one attached hydrogen (secondary N) is 3. The van der Waals surface area contributed by atoms with Crippen molar-refractivity contribution in [1.82, 2.24) is 10.6 Å². The number of urea groups is 1. The van der Waals surface area contributed by atoms with Gasteiger partial charge in [0.15, 0.2) is 0 Å². The van der Waals surface area contributed by atoms with E-state index in [4.69, 9.17) is 0 Å². The zero-order valence-electron chi connectivity index (χ0n) is 10.1. The zero-order valence-corrected chi connectivity index (χ0v) is 10.1. The molecule has 96 valence electrons. The molecular weight excluding hydrogens is 230 g/mol. The van der Waals surface area contributed by atoms with E-state index in [2.05, 4.69) is 16.0 Å². The first-order valence-corrected chi connectivity index (χ1v) is 6.16. The van der Waals surface area contributed by atoms with Gasteiger partial charge in [-0.3, -0.25) is 4.79 Å². The third kappa shape index (κ3) is 3.48. The van der Waals surface area contributed by atoms with Gasteiger partial charge in [-0.25, -0.2) is 4.79 Å². The molecule has 2 rings (SSSR count). The lowest BCUT2D eigenvalue weighted by Crippen LogP contribution is -2.46. The van der Waals surface area contributed by atoms with Crippen LogP contribution in [0.25, 0.3) is 0 Å². The molecule has 3 N–H and O–H groups in total. The van der Waals surface area contributed by atoms with Crippen molar-refractivity contribution in [2.24, 2.45) is 0 Å². The van der Waals surface area contributed by atoms with Crippen molar-refractivity contribution in [1.29, 1.82) is 0 Å². The predicted molar refractivity (Wildman–Crippen MR) is 69.2 cm³/mol. The molecule has 5 nitrogen and oxygen atoms in total. The molecule has 3 amide bonds. The maximum atomic E-state index is 11.7. The van der Waals surface area contributed by atoms with Gasteiger partial charge in [0.1, 0.15) is 6.04 Å². The Labute approximate surface area is 106 Å². The normalized spacial score (nSPS) is 19.6. The van der Waals surface area contributed by atoms with Gasteiger partial charge in [0.05, 0.1) is 0 Å². The first kappa shape index (κ1) is 12.4. The highest BCUT2D eigenvalue weighted by atomic mass is 16.2. The van der Waals surface area contributed by atoms with Crippen molar-refractivity contribution in [2.45, 2.75) is 25.3 Å². The van der Waals surface area contributed by atoms with E-state index in [1.165, 1.54) is 0 Å². The van der Waals surface area contributed by atoms with E-state index in [0.29, 0.717) is 18.7 Å². The van der Waals surface area contributed by atoms with E-state index < -0.39 is 6.04 Å². The molecule has 1 aliphatic heterocycles. The fourth-order valence-electron chi connectivity index (χ4n) is 1.92. The Kier molecular flexibility index (Phi) is 4.17. The molecule has 1 atom stereocenters. The summed E-state index contributed by atoms with van der Waals surface area (Å²) in [7, 11) is 0. The molecule has 0 spiro atoms. The van der Waals surface area contributed by atoms with E-state index in [1.807, 2.05) is 18.2 Å². The minimum absolute atomic E-state index is 0.101. The van der Waals surface area contributed by atoms with E-state index in [1.54, 1.807) is 12.1 Å². The minimum atomic E-state index is -0.434. The van der Waals surface area contributed by atoms with Gasteiger partial charge in [-0.15, -0.1) is 0 Å². The van der Waals surface area contributed by atoms with Crippen molar-refractivity contribution in [2.75, 3.05) is 11.9 Å². The fourth-order valence-corrected chi connectivity index (χ4v) is 1.92.